The highest BCUT2D eigenvalue weighted by molar-refractivity contribution is 6.32. The number of urea groups is 1. The van der Waals surface area contributed by atoms with Gasteiger partial charge in [0.2, 0.25) is 5.91 Å². The first-order valence-electron chi connectivity index (χ1n) is 7.62. The minimum Gasteiger partial charge on any atom is -0.497 e. The molecule has 0 radical (unpaired) electrons. The molecule has 1 aliphatic rings. The molecule has 0 saturated carbocycles. The maximum absolute atomic E-state index is 12.6. The van der Waals surface area contributed by atoms with Gasteiger partial charge in [-0.3, -0.25) is 19.9 Å². The zero-order valence-corrected chi connectivity index (χ0v) is 14.0. The fraction of sp³-hybridized carbons (Fsp3) is 0.375. The number of barbiturate groups is 1. The number of ether oxygens (including phenoxy) is 1. The van der Waals surface area contributed by atoms with E-state index in [-0.39, 0.29) is 5.69 Å². The Labute approximate surface area is 148 Å². The Hall–Kier alpha value is -2.82. The van der Waals surface area contributed by atoms with Crippen LogP contribution in [0.4, 0.5) is 10.5 Å². The van der Waals surface area contributed by atoms with E-state index in [9.17, 15) is 29.7 Å². The van der Waals surface area contributed by atoms with Crippen LogP contribution in [0.2, 0.25) is 0 Å². The standard InChI is InChI=1S/C16H19N3O7/c1-26-11-4-2-10(3-5-11)19-14(24)12(13(23)18-15(19)25)6-17-16(7-20,8-21)9-22/h2-6,12,20-22H,7-9H2,1H3,(H,18,23,25)/t12-/m0/s1. The lowest BCUT2D eigenvalue weighted by Gasteiger charge is -2.29. The van der Waals surface area contributed by atoms with E-state index in [1.54, 1.807) is 12.1 Å². The molecule has 10 heteroatoms. The van der Waals surface area contributed by atoms with Crippen LogP contribution in [0.3, 0.4) is 0 Å². The molecule has 1 aromatic carbocycles. The molecule has 140 valence electrons. The molecule has 0 spiro atoms. The normalized spacial score (nSPS) is 18.4. The summed E-state index contributed by atoms with van der Waals surface area (Å²) in [6.45, 7) is -2.08. The number of nitrogens with zero attached hydrogens (tertiary/aromatic N) is 2. The van der Waals surface area contributed by atoms with Crippen molar-refractivity contribution in [2.24, 2.45) is 10.9 Å². The maximum Gasteiger partial charge on any atom is 0.335 e. The quantitative estimate of drug-likeness (QED) is 0.346. The Morgan fingerprint density at radius 3 is 2.23 bits per heavy atom. The number of benzene rings is 1. The summed E-state index contributed by atoms with van der Waals surface area (Å²) in [5.41, 5.74) is -1.41. The fourth-order valence-corrected chi connectivity index (χ4v) is 2.20. The third kappa shape index (κ3) is 3.72. The van der Waals surface area contributed by atoms with Crippen molar-refractivity contribution in [3.05, 3.63) is 24.3 Å². The number of aliphatic hydroxyl groups is 3. The number of nitrogens with one attached hydrogen (secondary N) is 1. The van der Waals surface area contributed by atoms with Crippen molar-refractivity contribution in [3.63, 3.8) is 0 Å². The number of aliphatic imine (C=N–C) groups is 1. The minimum absolute atomic E-state index is 0.219. The van der Waals surface area contributed by atoms with E-state index >= 15 is 0 Å². The van der Waals surface area contributed by atoms with Crippen molar-refractivity contribution in [3.8, 4) is 5.75 Å². The smallest absolute Gasteiger partial charge is 0.335 e. The molecule has 1 heterocycles. The van der Waals surface area contributed by atoms with Crippen molar-refractivity contribution >= 4 is 29.7 Å². The molecular formula is C16H19N3O7. The van der Waals surface area contributed by atoms with Crippen molar-refractivity contribution < 1.29 is 34.4 Å². The number of hydrogen-bond acceptors (Lipinski definition) is 8. The molecular weight excluding hydrogens is 346 g/mol. The van der Waals surface area contributed by atoms with Crippen LogP contribution in [-0.2, 0) is 9.59 Å². The summed E-state index contributed by atoms with van der Waals surface area (Å²) < 4.78 is 5.01. The summed E-state index contributed by atoms with van der Waals surface area (Å²) in [6, 6.07) is 5.13. The Morgan fingerprint density at radius 1 is 1.15 bits per heavy atom. The van der Waals surface area contributed by atoms with Crippen LogP contribution in [0, 0.1) is 5.92 Å². The van der Waals surface area contributed by atoms with Gasteiger partial charge < -0.3 is 20.1 Å². The average molecular weight is 365 g/mol. The van der Waals surface area contributed by atoms with Crippen LogP contribution in [0.25, 0.3) is 0 Å². The average Bonchev–Trinajstić information content (AvgIpc) is 2.65. The zero-order valence-electron chi connectivity index (χ0n) is 14.0. The first-order chi connectivity index (χ1) is 12.4. The third-order valence-corrected chi connectivity index (χ3v) is 3.91. The predicted octanol–water partition coefficient (Wildman–Crippen LogP) is -1.32. The Morgan fingerprint density at radius 2 is 1.73 bits per heavy atom. The van der Waals surface area contributed by atoms with Gasteiger partial charge in [-0.25, -0.2) is 9.69 Å². The summed E-state index contributed by atoms with van der Waals surface area (Å²) >= 11 is 0. The first-order valence-corrected chi connectivity index (χ1v) is 7.62. The second-order valence-corrected chi connectivity index (χ2v) is 5.62. The highest BCUT2D eigenvalue weighted by Crippen LogP contribution is 2.23. The van der Waals surface area contributed by atoms with Gasteiger partial charge in [-0.15, -0.1) is 0 Å². The summed E-state index contributed by atoms with van der Waals surface area (Å²) in [6.07, 6.45) is 0.906. The van der Waals surface area contributed by atoms with Crippen LogP contribution in [0.1, 0.15) is 0 Å². The van der Waals surface area contributed by atoms with Gasteiger partial charge in [0.25, 0.3) is 5.91 Å². The number of anilines is 1. The highest BCUT2D eigenvalue weighted by Gasteiger charge is 2.41. The number of hydrogen-bond donors (Lipinski definition) is 4. The van der Waals surface area contributed by atoms with Gasteiger partial charge in [-0.05, 0) is 24.3 Å². The second-order valence-electron chi connectivity index (χ2n) is 5.62. The maximum atomic E-state index is 12.6. The molecule has 10 nitrogen and oxygen atoms in total. The van der Waals surface area contributed by atoms with Gasteiger partial charge in [-0.1, -0.05) is 0 Å². The van der Waals surface area contributed by atoms with E-state index in [1.807, 2.05) is 5.32 Å². The molecule has 1 atom stereocenters. The Kier molecular flexibility index (Phi) is 6.03. The van der Waals surface area contributed by atoms with Gasteiger partial charge in [0.1, 0.15) is 11.3 Å². The van der Waals surface area contributed by atoms with E-state index in [1.165, 1.54) is 19.2 Å². The number of carbonyl (C=O) groups excluding carboxylic acids is 3. The molecule has 0 unspecified atom stereocenters. The largest absolute Gasteiger partial charge is 0.497 e. The molecule has 26 heavy (non-hydrogen) atoms. The van der Waals surface area contributed by atoms with E-state index in [0.717, 1.165) is 11.1 Å². The number of aliphatic hydroxyl groups excluding tert-OH is 3. The first kappa shape index (κ1) is 19.5. The monoisotopic (exact) mass is 365 g/mol. The molecule has 1 saturated heterocycles. The minimum atomic E-state index is -1.63. The van der Waals surface area contributed by atoms with Crippen molar-refractivity contribution in [1.29, 1.82) is 0 Å². The van der Waals surface area contributed by atoms with Crippen LogP contribution >= 0.6 is 0 Å². The topological polar surface area (TPSA) is 149 Å². The molecule has 4 N–H and O–H groups in total. The fourth-order valence-electron chi connectivity index (χ4n) is 2.20. The van der Waals surface area contributed by atoms with Crippen LogP contribution in [0.5, 0.6) is 5.75 Å². The van der Waals surface area contributed by atoms with E-state index in [2.05, 4.69) is 4.99 Å². The second kappa shape index (κ2) is 8.04. The van der Waals surface area contributed by atoms with Gasteiger partial charge in [0.05, 0.1) is 32.6 Å². The van der Waals surface area contributed by atoms with Crippen LogP contribution in [-0.4, -0.2) is 71.8 Å². The number of imide groups is 2. The lowest BCUT2D eigenvalue weighted by Crippen LogP contribution is -2.59. The summed E-state index contributed by atoms with van der Waals surface area (Å²) in [4.78, 5) is 41.3. The predicted molar refractivity (Wildman–Crippen MR) is 90.0 cm³/mol. The number of amides is 4. The van der Waals surface area contributed by atoms with Crippen molar-refractivity contribution in [2.75, 3.05) is 31.8 Å². The number of carbonyl (C=O) groups is 3. The van der Waals surface area contributed by atoms with E-state index in [4.69, 9.17) is 4.74 Å². The highest BCUT2D eigenvalue weighted by atomic mass is 16.5. The summed E-state index contributed by atoms with van der Waals surface area (Å²) in [7, 11) is 1.47. The molecule has 2 rings (SSSR count). The van der Waals surface area contributed by atoms with Crippen LogP contribution < -0.4 is 15.0 Å². The summed E-state index contributed by atoms with van der Waals surface area (Å²) in [5, 5.41) is 29.8. The molecule has 4 amide bonds. The van der Waals surface area contributed by atoms with Crippen molar-refractivity contribution in [1.82, 2.24) is 5.32 Å². The molecule has 1 aromatic rings. The molecule has 0 aliphatic carbocycles. The molecule has 1 fully saturated rings. The van der Waals surface area contributed by atoms with Gasteiger partial charge in [0, 0.05) is 6.21 Å². The van der Waals surface area contributed by atoms with E-state index < -0.39 is 49.1 Å². The van der Waals surface area contributed by atoms with Crippen LogP contribution in [0.15, 0.2) is 29.3 Å². The number of rotatable bonds is 7. The third-order valence-electron chi connectivity index (χ3n) is 3.91. The van der Waals surface area contributed by atoms with E-state index in [0.29, 0.717) is 5.75 Å². The lowest BCUT2D eigenvalue weighted by molar-refractivity contribution is -0.131. The zero-order chi connectivity index (χ0) is 19.3. The molecule has 1 aliphatic heterocycles. The SMILES string of the molecule is COc1ccc(N2C(=O)NC(=O)[C@H](C=NC(CO)(CO)CO)C2=O)cc1. The van der Waals surface area contributed by atoms with Gasteiger partial charge in [-0.2, -0.15) is 0 Å². The Balaban J connectivity index is 2.31. The molecule has 0 bridgehead atoms. The van der Waals surface area contributed by atoms with Crippen molar-refractivity contribution in [2.45, 2.75) is 5.54 Å². The van der Waals surface area contributed by atoms with Gasteiger partial charge in [0.15, 0.2) is 5.92 Å². The Bertz CT molecular complexity index is 705. The lowest BCUT2D eigenvalue weighted by atomic mass is 10.0. The van der Waals surface area contributed by atoms with Gasteiger partial charge >= 0.3 is 6.03 Å². The number of methoxy groups -OCH3 is 1. The molecule has 0 aromatic heterocycles. The summed E-state index contributed by atoms with van der Waals surface area (Å²) in [5.74, 6) is -2.68.